The van der Waals surface area contributed by atoms with Crippen molar-refractivity contribution in [2.24, 2.45) is 5.41 Å². The minimum Gasteiger partial charge on any atom is -0.497 e. The lowest BCUT2D eigenvalue weighted by atomic mass is 9.81. The number of aldehydes is 1. The van der Waals surface area contributed by atoms with Crippen LogP contribution in [0.25, 0.3) is 10.2 Å². The van der Waals surface area contributed by atoms with Gasteiger partial charge < -0.3 is 14.8 Å². The zero-order valence-electron chi connectivity index (χ0n) is 18.0. The van der Waals surface area contributed by atoms with Crippen molar-refractivity contribution in [2.45, 2.75) is 18.8 Å². The second-order valence-corrected chi connectivity index (χ2v) is 8.98. The Hall–Kier alpha value is -3.18. The van der Waals surface area contributed by atoms with E-state index in [1.807, 2.05) is 61.6 Å². The van der Waals surface area contributed by atoms with Gasteiger partial charge in [0.25, 0.3) is 0 Å². The van der Waals surface area contributed by atoms with E-state index in [1.54, 1.807) is 18.4 Å². The third-order valence-electron chi connectivity index (χ3n) is 6.09. The molecule has 1 aliphatic carbocycles. The number of carbonyl (C=O) groups is 1. The van der Waals surface area contributed by atoms with E-state index in [2.05, 4.69) is 41.5 Å². The Kier molecular flexibility index (Phi) is 5.79. The van der Waals surface area contributed by atoms with Crippen LogP contribution >= 0.6 is 11.3 Å². The van der Waals surface area contributed by atoms with Gasteiger partial charge in [0.05, 0.1) is 17.3 Å². The van der Waals surface area contributed by atoms with Gasteiger partial charge in [-0.3, -0.25) is 0 Å². The number of anilines is 1. The molecule has 31 heavy (non-hydrogen) atoms. The maximum absolute atomic E-state index is 11.5. The van der Waals surface area contributed by atoms with Gasteiger partial charge in [-0.1, -0.05) is 78.9 Å². The van der Waals surface area contributed by atoms with Crippen LogP contribution in [0.2, 0.25) is 0 Å². The Morgan fingerprint density at radius 3 is 2.10 bits per heavy atom. The third kappa shape index (κ3) is 3.81. The van der Waals surface area contributed by atoms with E-state index in [1.165, 1.54) is 11.1 Å². The average molecular weight is 431 g/mol. The first kappa shape index (κ1) is 21.1. The molecule has 3 aromatic carbocycles. The number of thiazole rings is 1. The highest BCUT2D eigenvalue weighted by Crippen LogP contribution is 2.66. The molecule has 4 nitrogen and oxygen atoms in total. The number of benzene rings is 3. The molecule has 1 heterocycles. The lowest BCUT2D eigenvalue weighted by molar-refractivity contribution is -0.112. The van der Waals surface area contributed by atoms with E-state index < -0.39 is 0 Å². The molecule has 1 atom stereocenters. The Morgan fingerprint density at radius 2 is 1.61 bits per heavy atom. The summed E-state index contributed by atoms with van der Waals surface area (Å²) in [6, 6.07) is 26.6. The number of hydrogen-bond donors (Lipinski definition) is 1. The van der Waals surface area contributed by atoms with Gasteiger partial charge in [-0.05, 0) is 35.7 Å². The molecule has 0 bridgehead atoms. The summed E-state index contributed by atoms with van der Waals surface area (Å²) in [6.45, 7) is 2.06. The molecule has 4 aromatic rings. The molecule has 158 valence electrons. The average Bonchev–Trinajstić information content (AvgIpc) is 3.27. The van der Waals surface area contributed by atoms with Crippen molar-refractivity contribution < 1.29 is 9.53 Å². The molecule has 5 heteroatoms. The van der Waals surface area contributed by atoms with Crippen LogP contribution in [0.1, 0.15) is 24.5 Å². The van der Waals surface area contributed by atoms with Crippen LogP contribution in [0.3, 0.4) is 0 Å². The summed E-state index contributed by atoms with van der Waals surface area (Å²) in [5.41, 5.74) is 3.10. The largest absolute Gasteiger partial charge is 0.497 e. The van der Waals surface area contributed by atoms with Gasteiger partial charge in [0.15, 0.2) is 5.13 Å². The van der Waals surface area contributed by atoms with Gasteiger partial charge in [0.1, 0.15) is 12.0 Å². The molecule has 1 N–H and O–H groups in total. The Balaban J connectivity index is 0.000000158. The monoisotopic (exact) mass is 430 g/mol. The van der Waals surface area contributed by atoms with Crippen molar-refractivity contribution in [2.75, 3.05) is 19.5 Å². The number of nitrogens with one attached hydrogen (secondary N) is 1. The van der Waals surface area contributed by atoms with Crippen LogP contribution in [0.5, 0.6) is 5.75 Å². The fourth-order valence-electron chi connectivity index (χ4n) is 4.26. The van der Waals surface area contributed by atoms with Gasteiger partial charge in [-0.2, -0.15) is 0 Å². The highest BCUT2D eigenvalue weighted by Gasteiger charge is 2.66. The van der Waals surface area contributed by atoms with Crippen LogP contribution in [0, 0.1) is 5.41 Å². The summed E-state index contributed by atoms with van der Waals surface area (Å²) in [5.74, 6) is 0.874. The smallest absolute Gasteiger partial charge is 0.183 e. The topological polar surface area (TPSA) is 51.2 Å². The quantitative estimate of drug-likeness (QED) is 0.399. The maximum Gasteiger partial charge on any atom is 0.183 e. The van der Waals surface area contributed by atoms with Gasteiger partial charge in [-0.25, -0.2) is 4.98 Å². The summed E-state index contributed by atoms with van der Waals surface area (Å²) in [6.07, 6.45) is 2.02. The second-order valence-electron chi connectivity index (χ2n) is 7.95. The van der Waals surface area contributed by atoms with Crippen molar-refractivity contribution in [1.29, 1.82) is 0 Å². The molecule has 0 radical (unpaired) electrons. The SMILES string of the molecule is CC1(C=O)CC1(c1ccccc1)c1ccccc1.CNc1nc2ccc(OC)cc2s1. The highest BCUT2D eigenvalue weighted by atomic mass is 32.1. The van der Waals surface area contributed by atoms with E-state index in [0.717, 1.165) is 33.8 Å². The molecule has 1 saturated carbocycles. The Bertz CT molecular complexity index is 1130. The van der Waals surface area contributed by atoms with Crippen molar-refractivity contribution in [1.82, 2.24) is 4.98 Å². The van der Waals surface area contributed by atoms with E-state index in [0.29, 0.717) is 0 Å². The fraction of sp³-hybridized carbons (Fsp3) is 0.231. The molecule has 0 spiro atoms. The van der Waals surface area contributed by atoms with Crippen molar-refractivity contribution >= 4 is 33.0 Å². The predicted molar refractivity (Wildman–Crippen MR) is 128 cm³/mol. The summed E-state index contributed by atoms with van der Waals surface area (Å²) >= 11 is 1.62. The predicted octanol–water partition coefficient (Wildman–Crippen LogP) is 5.93. The summed E-state index contributed by atoms with van der Waals surface area (Å²) in [5, 5.41) is 3.95. The number of fused-ring (bicyclic) bond motifs is 1. The lowest BCUT2D eigenvalue weighted by Crippen LogP contribution is -2.19. The molecule has 0 amide bonds. The van der Waals surface area contributed by atoms with Crippen molar-refractivity contribution in [3.63, 3.8) is 0 Å². The van der Waals surface area contributed by atoms with Crippen LogP contribution in [-0.2, 0) is 10.2 Å². The van der Waals surface area contributed by atoms with E-state index >= 15 is 0 Å². The number of carbonyl (C=O) groups excluding carboxylic acids is 1. The van der Waals surface area contributed by atoms with E-state index in [-0.39, 0.29) is 10.8 Å². The maximum atomic E-state index is 11.5. The first-order valence-electron chi connectivity index (χ1n) is 10.3. The van der Waals surface area contributed by atoms with Crippen LogP contribution in [0.4, 0.5) is 5.13 Å². The van der Waals surface area contributed by atoms with Gasteiger partial charge in [0, 0.05) is 17.9 Å². The normalized spacial score (nSPS) is 18.5. The number of hydrogen-bond acceptors (Lipinski definition) is 5. The number of nitrogens with zero attached hydrogens (tertiary/aromatic N) is 1. The molecular weight excluding hydrogens is 404 g/mol. The first-order valence-corrected chi connectivity index (χ1v) is 11.1. The first-order chi connectivity index (χ1) is 15.1. The van der Waals surface area contributed by atoms with E-state index in [4.69, 9.17) is 4.74 Å². The molecule has 1 aliphatic rings. The third-order valence-corrected chi connectivity index (χ3v) is 7.12. The van der Waals surface area contributed by atoms with Crippen LogP contribution in [0.15, 0.2) is 78.9 Å². The van der Waals surface area contributed by atoms with Crippen LogP contribution in [-0.4, -0.2) is 25.4 Å². The fourth-order valence-corrected chi connectivity index (χ4v) is 5.11. The van der Waals surface area contributed by atoms with Gasteiger partial charge in [0.2, 0.25) is 0 Å². The summed E-state index contributed by atoms with van der Waals surface area (Å²) < 4.78 is 6.27. The molecule has 1 fully saturated rings. The molecule has 0 saturated heterocycles. The molecular formula is C26H26N2O2S. The number of aromatic nitrogens is 1. The zero-order valence-corrected chi connectivity index (χ0v) is 18.8. The zero-order chi connectivity index (χ0) is 21.9. The standard InChI is InChI=1S/C17H16O.C9H10N2OS/c1-16(13-18)12-17(16,14-8-4-2-5-9-14)15-10-6-3-7-11-15;1-10-9-11-7-4-3-6(12-2)5-8(7)13-9/h2-11,13H,12H2,1H3;3-5H,1-2H3,(H,10,11). The minimum absolute atomic E-state index is 0.128. The number of methoxy groups -OCH3 is 1. The molecule has 0 aliphatic heterocycles. The highest BCUT2D eigenvalue weighted by molar-refractivity contribution is 7.22. The van der Waals surface area contributed by atoms with Gasteiger partial charge >= 0.3 is 0 Å². The Morgan fingerprint density at radius 1 is 1.00 bits per heavy atom. The van der Waals surface area contributed by atoms with E-state index in [9.17, 15) is 4.79 Å². The summed E-state index contributed by atoms with van der Waals surface area (Å²) in [7, 11) is 3.54. The Labute approximate surface area is 186 Å². The lowest BCUT2D eigenvalue weighted by Gasteiger charge is -2.21. The second kappa shape index (κ2) is 8.52. The molecule has 1 aromatic heterocycles. The molecule has 5 rings (SSSR count). The minimum atomic E-state index is -0.268. The summed E-state index contributed by atoms with van der Waals surface area (Å²) in [4.78, 5) is 15.8. The van der Waals surface area contributed by atoms with Gasteiger partial charge in [-0.15, -0.1) is 0 Å². The number of rotatable bonds is 5. The molecule has 1 unspecified atom stereocenters. The van der Waals surface area contributed by atoms with Crippen LogP contribution < -0.4 is 10.1 Å². The van der Waals surface area contributed by atoms with Crippen molar-refractivity contribution in [3.8, 4) is 5.75 Å². The van der Waals surface area contributed by atoms with Crippen molar-refractivity contribution in [3.05, 3.63) is 90.0 Å². The number of ether oxygens (including phenoxy) is 1.